The van der Waals surface area contributed by atoms with E-state index in [0.717, 1.165) is 22.4 Å². The minimum Gasteiger partial charge on any atom is -0.424 e. The van der Waals surface area contributed by atoms with Gasteiger partial charge in [-0.3, -0.25) is 10.1 Å². The average molecular weight is 244 g/mol. The molecular weight excluding hydrogens is 232 g/mol. The number of fused-ring (bicyclic) bond motifs is 1. The molecule has 0 aliphatic rings. The lowest BCUT2D eigenvalue weighted by molar-refractivity contribution is 0.475. The number of hydrogen-bond donors (Lipinski definition) is 2. The van der Waals surface area contributed by atoms with Crippen LogP contribution in [0.3, 0.4) is 0 Å². The molecule has 0 atom stereocenters. The molecule has 0 amide bonds. The van der Waals surface area contributed by atoms with E-state index in [1.165, 1.54) is 0 Å². The van der Waals surface area contributed by atoms with Crippen molar-refractivity contribution in [2.45, 2.75) is 20.4 Å². The molecule has 0 saturated heterocycles. The fraction of sp³-hybridized carbons (Fsp3) is 0.273. The second-order valence-corrected chi connectivity index (χ2v) is 3.97. The molecule has 3 aromatic heterocycles. The van der Waals surface area contributed by atoms with E-state index in [-0.39, 0.29) is 0 Å². The number of aromatic nitrogens is 5. The molecule has 3 aromatic rings. The summed E-state index contributed by atoms with van der Waals surface area (Å²) in [4.78, 5) is 4.28. The molecule has 0 spiro atoms. The largest absolute Gasteiger partial charge is 0.424 e. The molecule has 3 rings (SSSR count). The van der Waals surface area contributed by atoms with Gasteiger partial charge in [0.2, 0.25) is 11.8 Å². The Hall–Kier alpha value is -2.44. The number of nitrogens with zero attached hydrogens (tertiary/aromatic N) is 4. The molecule has 3 heterocycles. The first-order chi connectivity index (χ1) is 8.74. The molecule has 0 bridgehead atoms. The Balaban J connectivity index is 1.86. The maximum atomic E-state index is 5.29. The maximum Gasteiger partial charge on any atom is 0.235 e. The summed E-state index contributed by atoms with van der Waals surface area (Å²) in [7, 11) is 0. The SMILES string of the molecule is Cc1nnc(CNc2ccnc3c(C)[nH]nc23)o1. The summed E-state index contributed by atoms with van der Waals surface area (Å²) in [5.41, 5.74) is 3.51. The van der Waals surface area contributed by atoms with Gasteiger partial charge in [-0.25, -0.2) is 0 Å². The van der Waals surface area contributed by atoms with E-state index >= 15 is 0 Å². The van der Waals surface area contributed by atoms with Crippen LogP contribution in [0.2, 0.25) is 0 Å². The average Bonchev–Trinajstić information content (AvgIpc) is 2.94. The highest BCUT2D eigenvalue weighted by molar-refractivity contribution is 5.88. The Bertz CT molecular complexity index is 686. The van der Waals surface area contributed by atoms with Crippen LogP contribution >= 0.6 is 0 Å². The number of rotatable bonds is 3. The molecule has 92 valence electrons. The van der Waals surface area contributed by atoms with E-state index < -0.39 is 0 Å². The van der Waals surface area contributed by atoms with Gasteiger partial charge in [-0.2, -0.15) is 5.10 Å². The number of anilines is 1. The third kappa shape index (κ3) is 1.79. The Labute approximate surface area is 103 Å². The predicted octanol–water partition coefficient (Wildman–Crippen LogP) is 1.57. The van der Waals surface area contributed by atoms with E-state index in [0.29, 0.717) is 18.3 Å². The predicted molar refractivity (Wildman–Crippen MR) is 65.0 cm³/mol. The zero-order valence-electron chi connectivity index (χ0n) is 10.1. The maximum absolute atomic E-state index is 5.29. The molecule has 0 unspecified atom stereocenters. The van der Waals surface area contributed by atoms with Gasteiger partial charge in [0.15, 0.2) is 0 Å². The quantitative estimate of drug-likeness (QED) is 0.726. The minimum absolute atomic E-state index is 0.464. The molecule has 0 saturated carbocycles. The second-order valence-electron chi connectivity index (χ2n) is 3.97. The molecule has 0 aliphatic heterocycles. The standard InChI is InChI=1S/C11H12N6O/c1-6-10-11(17-14-6)8(3-4-12-10)13-5-9-16-15-7(2)18-9/h3-4H,5H2,1-2H3,(H,12,13)(H,14,17). The van der Waals surface area contributed by atoms with Gasteiger partial charge in [0, 0.05) is 13.1 Å². The van der Waals surface area contributed by atoms with E-state index in [9.17, 15) is 0 Å². The molecule has 7 heteroatoms. The highest BCUT2D eigenvalue weighted by atomic mass is 16.4. The summed E-state index contributed by atoms with van der Waals surface area (Å²) in [5, 5.41) is 18.0. The number of aryl methyl sites for hydroxylation is 2. The summed E-state index contributed by atoms with van der Waals surface area (Å²) < 4.78 is 5.29. The molecule has 0 radical (unpaired) electrons. The van der Waals surface area contributed by atoms with Gasteiger partial charge in [-0.15, -0.1) is 10.2 Å². The van der Waals surface area contributed by atoms with Gasteiger partial charge in [-0.05, 0) is 13.0 Å². The van der Waals surface area contributed by atoms with Crippen LogP contribution in [0.25, 0.3) is 11.0 Å². The van der Waals surface area contributed by atoms with Crippen LogP contribution in [-0.4, -0.2) is 25.4 Å². The lowest BCUT2D eigenvalue weighted by Gasteiger charge is -2.03. The van der Waals surface area contributed by atoms with Crippen LogP contribution < -0.4 is 5.32 Å². The normalized spacial score (nSPS) is 11.0. The van der Waals surface area contributed by atoms with Gasteiger partial charge in [0.1, 0.15) is 11.0 Å². The Morgan fingerprint density at radius 1 is 1.28 bits per heavy atom. The van der Waals surface area contributed by atoms with Crippen molar-refractivity contribution < 1.29 is 4.42 Å². The molecular formula is C11H12N6O. The first-order valence-electron chi connectivity index (χ1n) is 5.56. The van der Waals surface area contributed by atoms with Crippen molar-refractivity contribution in [3.8, 4) is 0 Å². The summed E-state index contributed by atoms with van der Waals surface area (Å²) in [6.45, 7) is 4.16. The third-order valence-corrected chi connectivity index (χ3v) is 2.61. The van der Waals surface area contributed by atoms with Crippen LogP contribution in [0, 0.1) is 13.8 Å². The van der Waals surface area contributed by atoms with E-state index in [4.69, 9.17) is 4.42 Å². The fourth-order valence-electron chi connectivity index (χ4n) is 1.76. The molecule has 18 heavy (non-hydrogen) atoms. The van der Waals surface area contributed by atoms with Crippen LogP contribution in [0.1, 0.15) is 17.5 Å². The smallest absolute Gasteiger partial charge is 0.235 e. The molecule has 0 aromatic carbocycles. The highest BCUT2D eigenvalue weighted by Gasteiger charge is 2.08. The van der Waals surface area contributed by atoms with Crippen molar-refractivity contribution in [2.75, 3.05) is 5.32 Å². The van der Waals surface area contributed by atoms with Gasteiger partial charge in [0.25, 0.3) is 0 Å². The monoisotopic (exact) mass is 244 g/mol. The number of nitrogens with one attached hydrogen (secondary N) is 2. The van der Waals surface area contributed by atoms with Crippen molar-refractivity contribution in [2.24, 2.45) is 0 Å². The molecule has 7 nitrogen and oxygen atoms in total. The third-order valence-electron chi connectivity index (χ3n) is 2.61. The number of H-pyrrole nitrogens is 1. The highest BCUT2D eigenvalue weighted by Crippen LogP contribution is 2.21. The summed E-state index contributed by atoms with van der Waals surface area (Å²) in [5.74, 6) is 1.10. The summed E-state index contributed by atoms with van der Waals surface area (Å²) in [6.07, 6.45) is 1.74. The second kappa shape index (κ2) is 4.10. The van der Waals surface area contributed by atoms with Crippen molar-refractivity contribution in [1.82, 2.24) is 25.4 Å². The lowest BCUT2D eigenvalue weighted by Crippen LogP contribution is -2.00. The fourth-order valence-corrected chi connectivity index (χ4v) is 1.76. The van der Waals surface area contributed by atoms with Gasteiger partial charge >= 0.3 is 0 Å². The first-order valence-corrected chi connectivity index (χ1v) is 5.56. The van der Waals surface area contributed by atoms with Gasteiger partial charge in [-0.1, -0.05) is 0 Å². The molecule has 2 N–H and O–H groups in total. The number of aromatic amines is 1. The topological polar surface area (TPSA) is 92.5 Å². The van der Waals surface area contributed by atoms with Crippen LogP contribution in [0.5, 0.6) is 0 Å². The first kappa shape index (κ1) is 10.7. The molecule has 0 fully saturated rings. The Morgan fingerprint density at radius 2 is 2.17 bits per heavy atom. The van der Waals surface area contributed by atoms with Gasteiger partial charge in [0.05, 0.1) is 17.9 Å². The van der Waals surface area contributed by atoms with Crippen LogP contribution in [0.4, 0.5) is 5.69 Å². The van der Waals surface area contributed by atoms with Crippen LogP contribution in [-0.2, 0) is 6.54 Å². The van der Waals surface area contributed by atoms with E-state index in [1.54, 1.807) is 13.1 Å². The van der Waals surface area contributed by atoms with Crippen LogP contribution in [0.15, 0.2) is 16.7 Å². The minimum atomic E-state index is 0.464. The van der Waals surface area contributed by atoms with E-state index in [1.807, 2.05) is 13.0 Å². The zero-order valence-corrected chi connectivity index (χ0v) is 10.1. The number of hydrogen-bond acceptors (Lipinski definition) is 6. The van der Waals surface area contributed by atoms with Crippen molar-refractivity contribution >= 4 is 16.7 Å². The van der Waals surface area contributed by atoms with Crippen molar-refractivity contribution in [3.05, 3.63) is 29.7 Å². The summed E-state index contributed by atoms with van der Waals surface area (Å²) in [6, 6.07) is 1.87. The lowest BCUT2D eigenvalue weighted by atomic mass is 10.3. The Morgan fingerprint density at radius 3 is 2.94 bits per heavy atom. The van der Waals surface area contributed by atoms with Crippen molar-refractivity contribution in [1.29, 1.82) is 0 Å². The van der Waals surface area contributed by atoms with Gasteiger partial charge < -0.3 is 9.73 Å². The molecule has 0 aliphatic carbocycles. The number of pyridine rings is 1. The Kier molecular flexibility index (Phi) is 2.44. The van der Waals surface area contributed by atoms with Crippen molar-refractivity contribution in [3.63, 3.8) is 0 Å². The van der Waals surface area contributed by atoms with E-state index in [2.05, 4.69) is 30.7 Å². The summed E-state index contributed by atoms with van der Waals surface area (Å²) >= 11 is 0. The zero-order chi connectivity index (χ0) is 12.5.